The summed E-state index contributed by atoms with van der Waals surface area (Å²) in [6, 6.07) is 4.61. The number of H-pyrrole nitrogens is 1. The van der Waals surface area contributed by atoms with Crippen molar-refractivity contribution in [3.05, 3.63) is 41.6 Å². The third kappa shape index (κ3) is 2.20. The number of rotatable bonds is 3. The molecule has 0 unspecified atom stereocenters. The van der Waals surface area contributed by atoms with Crippen LogP contribution in [0.3, 0.4) is 0 Å². The average molecular weight is 337 g/mol. The van der Waals surface area contributed by atoms with Crippen molar-refractivity contribution in [3.8, 4) is 0 Å². The minimum Gasteiger partial charge on any atom is -0.361 e. The lowest BCUT2D eigenvalue weighted by Gasteiger charge is -2.40. The molecule has 1 aliphatic heterocycles. The zero-order chi connectivity index (χ0) is 27.9. The van der Waals surface area contributed by atoms with E-state index in [1.165, 1.54) is 6.08 Å². The lowest BCUT2D eigenvalue weighted by Crippen LogP contribution is -2.47. The number of carbonyl (C=O) groups excluding carboxylic acids is 1. The molecule has 2 aromatic rings. The zero-order valence-electron chi connectivity index (χ0n) is 25.8. The molecule has 2 atom stereocenters. The molecule has 2 aliphatic rings. The molecule has 4 rings (SSSR count). The molecule has 24 heavy (non-hydrogen) atoms. The number of nitrogens with zero attached hydrogens (tertiary/aromatic N) is 2. The Morgan fingerprint density at radius 3 is 3.12 bits per heavy atom. The summed E-state index contributed by atoms with van der Waals surface area (Å²) in [4.78, 5) is 17.6. The van der Waals surface area contributed by atoms with Crippen molar-refractivity contribution in [2.24, 2.45) is 5.92 Å². The second-order valence-corrected chi connectivity index (χ2v) is 6.04. The van der Waals surface area contributed by atoms with Crippen LogP contribution in [0.4, 0.5) is 0 Å². The molecule has 0 bridgehead atoms. The van der Waals surface area contributed by atoms with Gasteiger partial charge in [0.25, 0.3) is 0 Å². The number of fused-ring (bicyclic) bond motifs is 2. The molecule has 2 heterocycles. The third-order valence-electron chi connectivity index (χ3n) is 4.78. The Morgan fingerprint density at radius 1 is 1.46 bits per heavy atom. The van der Waals surface area contributed by atoms with Crippen molar-refractivity contribution in [2.75, 3.05) is 26.5 Å². The van der Waals surface area contributed by atoms with Crippen LogP contribution in [0.2, 0.25) is 0 Å². The first-order valence-electron chi connectivity index (χ1n) is 14.1. The van der Waals surface area contributed by atoms with Crippen molar-refractivity contribution in [2.45, 2.75) is 26.2 Å². The Hall–Kier alpha value is -2.07. The van der Waals surface area contributed by atoms with Gasteiger partial charge < -0.3 is 9.88 Å². The lowest BCUT2D eigenvalue weighted by molar-refractivity contribution is -0.134. The number of likely N-dealkylation sites (N-methyl/N-ethyl adjacent to an activating group) is 1. The number of hydrogen-bond acceptors (Lipinski definition) is 2. The molecule has 4 heteroatoms. The molecule has 0 radical (unpaired) electrons. The van der Waals surface area contributed by atoms with Gasteiger partial charge in [-0.2, -0.15) is 0 Å². The number of carbonyl (C=O) groups is 1. The molecule has 126 valence electrons. The highest BCUT2D eigenvalue weighted by Crippen LogP contribution is 2.40. The summed E-state index contributed by atoms with van der Waals surface area (Å²) < 4.78 is 102. The Balaban J connectivity index is 1.91. The van der Waals surface area contributed by atoms with Gasteiger partial charge in [-0.1, -0.05) is 18.2 Å². The fraction of sp³-hybridized carbons (Fsp3) is 0.450. The fourth-order valence-corrected chi connectivity index (χ4v) is 3.70. The van der Waals surface area contributed by atoms with Gasteiger partial charge in [0.15, 0.2) is 0 Å². The number of nitrogens with one attached hydrogen (secondary N) is 1. The summed E-state index contributed by atoms with van der Waals surface area (Å²) in [7, 11) is 0. The quantitative estimate of drug-likeness (QED) is 0.936. The van der Waals surface area contributed by atoms with Crippen molar-refractivity contribution in [1.82, 2.24) is 14.8 Å². The van der Waals surface area contributed by atoms with Crippen molar-refractivity contribution < 1.29 is 22.6 Å². The average Bonchev–Trinajstić information content (AvgIpc) is 3.14. The van der Waals surface area contributed by atoms with Gasteiger partial charge in [0, 0.05) is 60.5 Å². The van der Waals surface area contributed by atoms with Gasteiger partial charge in [0.1, 0.15) is 0 Å². The molecule has 0 spiro atoms. The molecular weight excluding hydrogens is 298 g/mol. The molecule has 1 aliphatic carbocycles. The molecule has 1 N–H and O–H groups in total. The van der Waals surface area contributed by atoms with E-state index in [0.29, 0.717) is 11.1 Å². The van der Waals surface area contributed by atoms with Gasteiger partial charge in [-0.05, 0) is 49.9 Å². The second-order valence-electron chi connectivity index (χ2n) is 6.04. The van der Waals surface area contributed by atoms with Crippen LogP contribution >= 0.6 is 0 Å². The van der Waals surface area contributed by atoms with E-state index < -0.39 is 58.1 Å². The first-order chi connectivity index (χ1) is 16.7. The molecular formula is C20H25N3O. The zero-order valence-corrected chi connectivity index (χ0v) is 12.8. The maximum Gasteiger partial charge on any atom is 0.230 e. The van der Waals surface area contributed by atoms with Crippen LogP contribution in [0.1, 0.15) is 42.7 Å². The molecule has 4 nitrogen and oxygen atoms in total. The predicted molar refractivity (Wildman–Crippen MR) is 97.8 cm³/mol. The molecule has 0 fully saturated rings. The number of amides is 1. The Morgan fingerprint density at radius 2 is 2.33 bits per heavy atom. The number of aromatic nitrogens is 1. The standard InChI is InChI=1S/C20H25N3O/c1-4-23(5-2)20(24)14-9-16-15-7-6-8-17-19(15)13(11-21-17)10-18(16)22(3)12-14/h6-9,11,14,18,21H,4-5,10,12H2,1-3H3/t14-,18-/m1/s1/i1D3,2D3,3D3,4D2,5D2. The maximum absolute atomic E-state index is 13.8. The summed E-state index contributed by atoms with van der Waals surface area (Å²) in [6.07, 6.45) is 3.45. The number of benzene rings is 1. The van der Waals surface area contributed by atoms with Crippen molar-refractivity contribution in [1.29, 1.82) is 0 Å². The maximum atomic E-state index is 13.8. The van der Waals surface area contributed by atoms with E-state index in [4.69, 9.17) is 17.8 Å². The SMILES string of the molecule is [2H]C([2H])([2H])N1C[C@H](C(=O)N(C([2H])([2H])C([2H])([2H])[2H])C([2H])([2H])C([2H])([2H])[2H])C=C2c3cccc4[nH]cc(c34)C[C@H]21. The van der Waals surface area contributed by atoms with E-state index in [1.54, 1.807) is 18.3 Å². The normalized spacial score (nSPS) is 33.8. The summed E-state index contributed by atoms with van der Waals surface area (Å²) in [5.41, 5.74) is 2.70. The van der Waals surface area contributed by atoms with Gasteiger partial charge >= 0.3 is 0 Å². The third-order valence-corrected chi connectivity index (χ3v) is 4.78. The van der Waals surface area contributed by atoms with Gasteiger partial charge in [-0.3, -0.25) is 9.69 Å². The monoisotopic (exact) mass is 336 g/mol. The van der Waals surface area contributed by atoms with Gasteiger partial charge in [0.05, 0.1) is 5.92 Å². The smallest absolute Gasteiger partial charge is 0.230 e. The van der Waals surface area contributed by atoms with Crippen LogP contribution in [0, 0.1) is 5.92 Å². The van der Waals surface area contributed by atoms with E-state index in [1.807, 2.05) is 6.07 Å². The molecule has 1 aromatic carbocycles. The lowest BCUT2D eigenvalue weighted by atomic mass is 9.79. The highest BCUT2D eigenvalue weighted by Gasteiger charge is 2.36. The molecule has 1 amide bonds. The highest BCUT2D eigenvalue weighted by molar-refractivity contribution is 5.99. The number of hydrogen-bond donors (Lipinski definition) is 1. The molecule has 0 saturated carbocycles. The number of aromatic amines is 1. The summed E-state index contributed by atoms with van der Waals surface area (Å²) in [5.74, 6) is -3.02. The van der Waals surface area contributed by atoms with Crippen LogP contribution in [0.5, 0.6) is 0 Å². The highest BCUT2D eigenvalue weighted by atomic mass is 16.2. The van der Waals surface area contributed by atoms with Gasteiger partial charge in [-0.15, -0.1) is 0 Å². The first-order valence-corrected chi connectivity index (χ1v) is 7.61. The van der Waals surface area contributed by atoms with Crippen molar-refractivity contribution in [3.63, 3.8) is 0 Å². The largest absolute Gasteiger partial charge is 0.361 e. The van der Waals surface area contributed by atoms with Crippen LogP contribution in [-0.2, 0) is 11.2 Å². The predicted octanol–water partition coefficient (Wildman–Crippen LogP) is 2.91. The van der Waals surface area contributed by atoms with Crippen molar-refractivity contribution >= 4 is 22.4 Å². The summed E-state index contributed by atoms with van der Waals surface area (Å²) >= 11 is 0. The topological polar surface area (TPSA) is 39.3 Å². The fourth-order valence-electron chi connectivity index (χ4n) is 3.70. The summed E-state index contributed by atoms with van der Waals surface area (Å²) in [6.45, 7) is -17.9. The Kier molecular flexibility index (Phi) is 1.61. The Bertz CT molecular complexity index is 1230. The minimum absolute atomic E-state index is 0.290. The van der Waals surface area contributed by atoms with Crippen LogP contribution in [0.15, 0.2) is 30.5 Å². The molecule has 0 saturated heterocycles. The summed E-state index contributed by atoms with van der Waals surface area (Å²) in [5, 5.41) is 0.816. The van der Waals surface area contributed by atoms with Gasteiger partial charge in [-0.25, -0.2) is 0 Å². The van der Waals surface area contributed by atoms with E-state index in [2.05, 4.69) is 4.98 Å². The van der Waals surface area contributed by atoms with Crippen LogP contribution < -0.4 is 0 Å². The van der Waals surface area contributed by atoms with Crippen LogP contribution in [0.25, 0.3) is 16.5 Å². The Labute approximate surface area is 161 Å². The van der Waals surface area contributed by atoms with Gasteiger partial charge in [0.2, 0.25) is 5.91 Å². The first kappa shape index (κ1) is 6.68. The van der Waals surface area contributed by atoms with E-state index in [0.717, 1.165) is 21.4 Å². The minimum atomic E-state index is -3.72. The second kappa shape index (κ2) is 5.78. The van der Waals surface area contributed by atoms with E-state index in [-0.39, 0.29) is 11.3 Å². The van der Waals surface area contributed by atoms with E-state index in [9.17, 15) is 4.79 Å². The van der Waals surface area contributed by atoms with E-state index >= 15 is 0 Å². The van der Waals surface area contributed by atoms with Crippen LogP contribution in [-0.4, -0.2) is 53.2 Å². The molecule has 1 aromatic heterocycles.